The van der Waals surface area contributed by atoms with E-state index >= 15 is 0 Å². The molecule has 0 atom stereocenters. The summed E-state index contributed by atoms with van der Waals surface area (Å²) in [5.74, 6) is 0.227. The molecule has 0 radical (unpaired) electrons. The van der Waals surface area contributed by atoms with Crippen molar-refractivity contribution < 1.29 is 5.11 Å². The number of hydrogen-bond acceptors (Lipinski definition) is 2. The van der Waals surface area contributed by atoms with Crippen molar-refractivity contribution in [2.45, 2.75) is 13.5 Å². The fourth-order valence-electron chi connectivity index (χ4n) is 1.32. The van der Waals surface area contributed by atoms with Crippen LogP contribution in [0.15, 0.2) is 22.8 Å². The van der Waals surface area contributed by atoms with Crippen LogP contribution in [0, 0.1) is 0 Å². The standard InChI is InChI=1S/C9H9BrN2O/c1-2-12-9(10)6-4-3-5-7(13)8(6)11-12/h3-5,13H,2H2,1H3. The predicted octanol–water partition coefficient (Wildman–Crippen LogP) is 2.52. The molecule has 0 bridgehead atoms. The highest BCUT2D eigenvalue weighted by atomic mass is 79.9. The van der Waals surface area contributed by atoms with Crippen molar-refractivity contribution >= 4 is 26.8 Å². The smallest absolute Gasteiger partial charge is 0.143 e. The first-order valence-electron chi connectivity index (χ1n) is 4.08. The van der Waals surface area contributed by atoms with Crippen LogP contribution in [-0.2, 0) is 6.54 Å². The number of aryl methyl sites for hydroxylation is 1. The van der Waals surface area contributed by atoms with Crippen molar-refractivity contribution in [2.24, 2.45) is 0 Å². The van der Waals surface area contributed by atoms with E-state index in [-0.39, 0.29) is 5.75 Å². The number of halogens is 1. The summed E-state index contributed by atoms with van der Waals surface area (Å²) in [4.78, 5) is 0. The van der Waals surface area contributed by atoms with Crippen molar-refractivity contribution in [3.63, 3.8) is 0 Å². The molecule has 1 N–H and O–H groups in total. The second-order valence-electron chi connectivity index (χ2n) is 2.78. The zero-order valence-electron chi connectivity index (χ0n) is 7.16. The van der Waals surface area contributed by atoms with Gasteiger partial charge in [0.1, 0.15) is 15.9 Å². The Kier molecular flexibility index (Phi) is 2.00. The van der Waals surface area contributed by atoms with Gasteiger partial charge in [0.2, 0.25) is 0 Å². The minimum absolute atomic E-state index is 0.227. The molecule has 68 valence electrons. The van der Waals surface area contributed by atoms with Crippen molar-refractivity contribution in [1.82, 2.24) is 9.78 Å². The van der Waals surface area contributed by atoms with Crippen LogP contribution in [-0.4, -0.2) is 14.9 Å². The topological polar surface area (TPSA) is 38.0 Å². The van der Waals surface area contributed by atoms with Gasteiger partial charge in [-0.15, -0.1) is 0 Å². The van der Waals surface area contributed by atoms with E-state index in [9.17, 15) is 5.11 Å². The fraction of sp³-hybridized carbons (Fsp3) is 0.222. The van der Waals surface area contributed by atoms with Gasteiger partial charge in [0.25, 0.3) is 0 Å². The van der Waals surface area contributed by atoms with E-state index in [0.717, 1.165) is 16.5 Å². The summed E-state index contributed by atoms with van der Waals surface area (Å²) in [6.07, 6.45) is 0. The van der Waals surface area contributed by atoms with E-state index in [2.05, 4.69) is 21.0 Å². The number of phenolic OH excluding ortho intramolecular Hbond substituents is 1. The Hall–Kier alpha value is -1.03. The molecule has 1 aromatic heterocycles. The lowest BCUT2D eigenvalue weighted by Gasteiger charge is -1.94. The van der Waals surface area contributed by atoms with Gasteiger partial charge in [-0.05, 0) is 35.0 Å². The average molecular weight is 241 g/mol. The van der Waals surface area contributed by atoms with E-state index < -0.39 is 0 Å². The monoisotopic (exact) mass is 240 g/mol. The Morgan fingerprint density at radius 1 is 1.54 bits per heavy atom. The van der Waals surface area contributed by atoms with Gasteiger partial charge in [-0.25, -0.2) is 0 Å². The summed E-state index contributed by atoms with van der Waals surface area (Å²) in [5.41, 5.74) is 0.649. The zero-order valence-corrected chi connectivity index (χ0v) is 8.74. The van der Waals surface area contributed by atoms with Crippen LogP contribution in [0.4, 0.5) is 0 Å². The zero-order chi connectivity index (χ0) is 9.42. The molecule has 2 rings (SSSR count). The van der Waals surface area contributed by atoms with E-state index in [4.69, 9.17) is 0 Å². The molecule has 1 aromatic carbocycles. The van der Waals surface area contributed by atoms with Crippen molar-refractivity contribution in [3.8, 4) is 5.75 Å². The van der Waals surface area contributed by atoms with Gasteiger partial charge in [-0.2, -0.15) is 5.10 Å². The largest absolute Gasteiger partial charge is 0.506 e. The highest BCUT2D eigenvalue weighted by Crippen LogP contribution is 2.29. The third kappa shape index (κ3) is 1.21. The lowest BCUT2D eigenvalue weighted by molar-refractivity contribution is 0.479. The lowest BCUT2D eigenvalue weighted by Crippen LogP contribution is -1.95. The third-order valence-corrected chi connectivity index (χ3v) is 2.82. The Bertz CT molecular complexity index is 450. The van der Waals surface area contributed by atoms with Crippen LogP contribution in [0.5, 0.6) is 5.75 Å². The SMILES string of the molecule is CCn1nc2c(O)cccc2c1Br. The number of hydrogen-bond donors (Lipinski definition) is 1. The average Bonchev–Trinajstić information content (AvgIpc) is 2.45. The molecule has 0 unspecified atom stereocenters. The number of benzene rings is 1. The van der Waals surface area contributed by atoms with E-state index in [1.165, 1.54) is 0 Å². The highest BCUT2D eigenvalue weighted by molar-refractivity contribution is 9.10. The second kappa shape index (κ2) is 3.03. The van der Waals surface area contributed by atoms with Crippen LogP contribution in [0.3, 0.4) is 0 Å². The maximum Gasteiger partial charge on any atom is 0.143 e. The lowest BCUT2D eigenvalue weighted by atomic mass is 10.2. The summed E-state index contributed by atoms with van der Waals surface area (Å²) in [7, 11) is 0. The van der Waals surface area contributed by atoms with Crippen LogP contribution >= 0.6 is 15.9 Å². The Morgan fingerprint density at radius 2 is 2.31 bits per heavy atom. The van der Waals surface area contributed by atoms with Crippen LogP contribution < -0.4 is 0 Å². The first-order chi connectivity index (χ1) is 6.24. The second-order valence-corrected chi connectivity index (χ2v) is 3.53. The van der Waals surface area contributed by atoms with Gasteiger partial charge in [-0.1, -0.05) is 6.07 Å². The maximum absolute atomic E-state index is 9.51. The van der Waals surface area contributed by atoms with Crippen molar-refractivity contribution in [1.29, 1.82) is 0 Å². The minimum Gasteiger partial charge on any atom is -0.506 e. The predicted molar refractivity (Wildman–Crippen MR) is 54.8 cm³/mol. The molecule has 0 saturated carbocycles. The number of rotatable bonds is 1. The van der Waals surface area contributed by atoms with E-state index in [0.29, 0.717) is 5.52 Å². The molecule has 0 aliphatic carbocycles. The molecule has 0 amide bonds. The number of nitrogens with zero attached hydrogens (tertiary/aromatic N) is 2. The summed E-state index contributed by atoms with van der Waals surface area (Å²) < 4.78 is 2.73. The van der Waals surface area contributed by atoms with Gasteiger partial charge >= 0.3 is 0 Å². The molecule has 0 aliphatic rings. The molecular weight excluding hydrogens is 232 g/mol. The van der Waals surface area contributed by atoms with Crippen LogP contribution in [0.25, 0.3) is 10.9 Å². The summed E-state index contributed by atoms with van der Waals surface area (Å²) in [6, 6.07) is 5.38. The maximum atomic E-state index is 9.51. The first kappa shape index (κ1) is 8.56. The van der Waals surface area contributed by atoms with Gasteiger partial charge in [0.15, 0.2) is 0 Å². The van der Waals surface area contributed by atoms with Crippen LogP contribution in [0.2, 0.25) is 0 Å². The van der Waals surface area contributed by atoms with E-state index in [1.807, 2.05) is 23.7 Å². The van der Waals surface area contributed by atoms with Gasteiger partial charge in [0, 0.05) is 11.9 Å². The van der Waals surface area contributed by atoms with E-state index in [1.54, 1.807) is 6.07 Å². The summed E-state index contributed by atoms with van der Waals surface area (Å²) in [5, 5.41) is 14.7. The van der Waals surface area contributed by atoms with Crippen molar-refractivity contribution in [2.75, 3.05) is 0 Å². The molecule has 0 saturated heterocycles. The molecule has 0 spiro atoms. The highest BCUT2D eigenvalue weighted by Gasteiger charge is 2.09. The Balaban J connectivity index is 2.83. The minimum atomic E-state index is 0.227. The van der Waals surface area contributed by atoms with Gasteiger partial charge < -0.3 is 5.11 Å². The third-order valence-electron chi connectivity index (χ3n) is 1.98. The Labute approximate surface area is 84.1 Å². The first-order valence-corrected chi connectivity index (χ1v) is 4.87. The number of aromatic nitrogens is 2. The molecule has 0 aliphatic heterocycles. The number of phenols is 1. The molecular formula is C9H9BrN2O. The van der Waals surface area contributed by atoms with Gasteiger partial charge in [-0.3, -0.25) is 4.68 Å². The molecule has 3 nitrogen and oxygen atoms in total. The molecule has 0 fully saturated rings. The summed E-state index contributed by atoms with van der Waals surface area (Å²) in [6.45, 7) is 2.79. The number of aromatic hydroxyl groups is 1. The Morgan fingerprint density at radius 3 is 2.92 bits per heavy atom. The molecule has 13 heavy (non-hydrogen) atoms. The fourth-order valence-corrected chi connectivity index (χ4v) is 1.97. The normalized spacial score (nSPS) is 10.9. The summed E-state index contributed by atoms with van der Waals surface area (Å²) >= 11 is 3.44. The molecule has 4 heteroatoms. The van der Waals surface area contributed by atoms with Gasteiger partial charge in [0.05, 0.1) is 0 Å². The quantitative estimate of drug-likeness (QED) is 0.832. The molecule has 1 heterocycles. The number of fused-ring (bicyclic) bond motifs is 1. The van der Waals surface area contributed by atoms with Crippen molar-refractivity contribution in [3.05, 3.63) is 22.8 Å². The molecule has 2 aromatic rings. The van der Waals surface area contributed by atoms with Crippen LogP contribution in [0.1, 0.15) is 6.92 Å².